The summed E-state index contributed by atoms with van der Waals surface area (Å²) in [7, 11) is 0. The minimum atomic E-state index is -0.786. The van der Waals surface area contributed by atoms with Gasteiger partial charge in [0.05, 0.1) is 6.61 Å². The minimum Gasteiger partial charge on any atom is -0.462 e. The van der Waals surface area contributed by atoms with Crippen LogP contribution in [0.1, 0.15) is 219 Å². The molecule has 0 amide bonds. The van der Waals surface area contributed by atoms with E-state index in [-0.39, 0.29) is 25.2 Å². The number of rotatable bonds is 40. The molecular weight excluding hydrogens is 645 g/mol. The highest BCUT2D eigenvalue weighted by Crippen LogP contribution is 2.15. The van der Waals surface area contributed by atoms with Gasteiger partial charge >= 0.3 is 11.9 Å². The van der Waals surface area contributed by atoms with Gasteiger partial charge in [-0.15, -0.1) is 0 Å². The average Bonchev–Trinajstić information content (AvgIpc) is 3.15. The van der Waals surface area contributed by atoms with Crippen molar-refractivity contribution < 1.29 is 24.2 Å². The lowest BCUT2D eigenvalue weighted by molar-refractivity contribution is -0.161. The predicted octanol–water partition coefficient (Wildman–Crippen LogP) is 14.2. The van der Waals surface area contributed by atoms with Crippen LogP contribution < -0.4 is 0 Å². The van der Waals surface area contributed by atoms with Crippen molar-refractivity contribution in [3.8, 4) is 0 Å². The summed E-state index contributed by atoms with van der Waals surface area (Å²) in [6, 6.07) is 0. The summed E-state index contributed by atoms with van der Waals surface area (Å²) in [6.07, 6.45) is 54.8. The lowest BCUT2D eigenvalue weighted by atomic mass is 10.0. The third kappa shape index (κ3) is 40.6. The van der Waals surface area contributed by atoms with Crippen LogP contribution in [0.2, 0.25) is 0 Å². The second-order valence-corrected chi connectivity index (χ2v) is 14.7. The Morgan fingerprint density at radius 2 is 0.827 bits per heavy atom. The van der Waals surface area contributed by atoms with Gasteiger partial charge in [-0.1, -0.05) is 184 Å². The van der Waals surface area contributed by atoms with E-state index in [1.807, 2.05) is 0 Å². The highest BCUT2D eigenvalue weighted by atomic mass is 16.6. The fraction of sp³-hybridized carbons (Fsp3) is 0.787. The molecule has 0 aromatic heterocycles. The Morgan fingerprint density at radius 3 is 1.29 bits per heavy atom. The van der Waals surface area contributed by atoms with Gasteiger partial charge in [-0.3, -0.25) is 9.59 Å². The first-order valence-electron chi connectivity index (χ1n) is 22.2. The van der Waals surface area contributed by atoms with Gasteiger partial charge in [0.2, 0.25) is 0 Å². The highest BCUT2D eigenvalue weighted by molar-refractivity contribution is 5.70. The molecule has 0 aromatic carbocycles. The van der Waals surface area contributed by atoms with Crippen LogP contribution in [0.15, 0.2) is 48.6 Å². The van der Waals surface area contributed by atoms with Crippen LogP contribution in [0, 0.1) is 0 Å². The van der Waals surface area contributed by atoms with Crippen molar-refractivity contribution in [2.45, 2.75) is 225 Å². The number of hydrogen-bond donors (Lipinski definition) is 1. The smallest absolute Gasteiger partial charge is 0.306 e. The quantitative estimate of drug-likeness (QED) is 0.0386. The van der Waals surface area contributed by atoms with Gasteiger partial charge in [0.25, 0.3) is 0 Å². The molecule has 0 aromatic rings. The Morgan fingerprint density at radius 1 is 0.462 bits per heavy atom. The standard InChI is InChI=1S/C47H84O5/c1-3-5-7-9-11-13-15-17-18-19-20-21-22-23-24-25-26-27-28-30-31-33-35-37-39-41-46(49)51-44-45(43-48)52-47(50)42-40-38-36-34-32-29-16-14-12-10-8-6-4-2/h6,8,12,14,19-20,29,32,45,48H,3-5,7,9-11,13,15-18,21-28,30-31,33-44H2,1-2H3/b8-6-,14-12-,20-19-,32-29-. The van der Waals surface area contributed by atoms with E-state index in [0.29, 0.717) is 12.8 Å². The lowest BCUT2D eigenvalue weighted by Crippen LogP contribution is -2.28. The summed E-state index contributed by atoms with van der Waals surface area (Å²) >= 11 is 0. The SMILES string of the molecule is CC/C=C\C/C=C\C/C=C\CCCCCC(=O)OC(CO)COC(=O)CCCCCCCCCCCCCCC/C=C\CCCCCCCCCC. The summed E-state index contributed by atoms with van der Waals surface area (Å²) in [4.78, 5) is 24.3. The largest absolute Gasteiger partial charge is 0.462 e. The lowest BCUT2D eigenvalue weighted by Gasteiger charge is -2.15. The zero-order valence-electron chi connectivity index (χ0n) is 34.3. The van der Waals surface area contributed by atoms with E-state index < -0.39 is 6.10 Å². The zero-order valence-corrected chi connectivity index (χ0v) is 34.3. The molecule has 1 N–H and O–H groups in total. The topological polar surface area (TPSA) is 72.8 Å². The molecule has 0 aliphatic heterocycles. The third-order valence-corrected chi connectivity index (χ3v) is 9.61. The molecule has 0 saturated heterocycles. The molecule has 0 bridgehead atoms. The molecule has 0 aliphatic rings. The summed E-state index contributed by atoms with van der Waals surface area (Å²) in [5.74, 6) is -0.622. The maximum absolute atomic E-state index is 12.2. The first kappa shape index (κ1) is 49.9. The molecule has 0 radical (unpaired) electrons. The summed E-state index contributed by atoms with van der Waals surface area (Å²) in [6.45, 7) is 4.00. The van der Waals surface area contributed by atoms with Crippen LogP contribution in [0.5, 0.6) is 0 Å². The van der Waals surface area contributed by atoms with Gasteiger partial charge in [0.1, 0.15) is 6.61 Å². The first-order chi connectivity index (χ1) is 25.6. The molecular formula is C47H84O5. The van der Waals surface area contributed by atoms with E-state index in [9.17, 15) is 14.7 Å². The van der Waals surface area contributed by atoms with Gasteiger partial charge in [0, 0.05) is 12.8 Å². The number of ether oxygens (including phenoxy) is 2. The number of esters is 2. The molecule has 5 heteroatoms. The molecule has 0 heterocycles. The van der Waals surface area contributed by atoms with Gasteiger partial charge < -0.3 is 14.6 Å². The number of carbonyl (C=O) groups is 2. The van der Waals surface area contributed by atoms with Crippen molar-refractivity contribution in [1.29, 1.82) is 0 Å². The number of allylic oxidation sites excluding steroid dienone is 8. The first-order valence-corrected chi connectivity index (χ1v) is 22.2. The Labute approximate surface area is 322 Å². The Kier molecular flexibility index (Phi) is 41.5. The van der Waals surface area contributed by atoms with Crippen molar-refractivity contribution in [3.63, 3.8) is 0 Å². The minimum absolute atomic E-state index is 0.0774. The van der Waals surface area contributed by atoms with Crippen molar-refractivity contribution in [1.82, 2.24) is 0 Å². The van der Waals surface area contributed by atoms with Crippen molar-refractivity contribution in [2.75, 3.05) is 13.2 Å². The van der Waals surface area contributed by atoms with Gasteiger partial charge in [-0.2, -0.15) is 0 Å². The molecule has 302 valence electrons. The van der Waals surface area contributed by atoms with Crippen LogP contribution in [0.3, 0.4) is 0 Å². The zero-order chi connectivity index (χ0) is 37.8. The van der Waals surface area contributed by atoms with Gasteiger partial charge in [0.15, 0.2) is 6.10 Å². The maximum atomic E-state index is 12.2. The monoisotopic (exact) mass is 729 g/mol. The van der Waals surface area contributed by atoms with Gasteiger partial charge in [-0.25, -0.2) is 0 Å². The molecule has 0 rings (SSSR count). The second kappa shape index (κ2) is 43.3. The Hall–Kier alpha value is -2.14. The van der Waals surface area contributed by atoms with E-state index in [0.717, 1.165) is 64.2 Å². The summed E-state index contributed by atoms with van der Waals surface area (Å²) in [5, 5.41) is 9.56. The predicted molar refractivity (Wildman–Crippen MR) is 224 cm³/mol. The number of carbonyl (C=O) groups excluding carboxylic acids is 2. The van der Waals surface area contributed by atoms with E-state index in [2.05, 4.69) is 62.5 Å². The third-order valence-electron chi connectivity index (χ3n) is 9.61. The molecule has 1 unspecified atom stereocenters. The molecule has 0 aliphatic carbocycles. The number of hydrogen-bond acceptors (Lipinski definition) is 5. The number of unbranched alkanes of at least 4 members (excludes halogenated alkanes) is 24. The molecule has 5 nitrogen and oxygen atoms in total. The van der Waals surface area contributed by atoms with Crippen LogP contribution in [-0.4, -0.2) is 36.4 Å². The Bertz CT molecular complexity index is 873. The Balaban J connectivity index is 3.50. The maximum Gasteiger partial charge on any atom is 0.306 e. The van der Waals surface area contributed by atoms with Crippen LogP contribution >= 0.6 is 0 Å². The van der Waals surface area contributed by atoms with Crippen molar-refractivity contribution in [2.24, 2.45) is 0 Å². The number of aliphatic hydroxyl groups excluding tert-OH is 1. The normalized spacial score (nSPS) is 12.6. The van der Waals surface area contributed by atoms with Crippen LogP contribution in [0.25, 0.3) is 0 Å². The van der Waals surface area contributed by atoms with Crippen molar-refractivity contribution >= 4 is 11.9 Å². The summed E-state index contributed by atoms with van der Waals surface area (Å²) in [5.41, 5.74) is 0. The van der Waals surface area contributed by atoms with Crippen LogP contribution in [0.4, 0.5) is 0 Å². The molecule has 0 saturated carbocycles. The van der Waals surface area contributed by atoms with Crippen LogP contribution in [-0.2, 0) is 19.1 Å². The van der Waals surface area contributed by atoms with Gasteiger partial charge in [-0.05, 0) is 70.6 Å². The molecule has 52 heavy (non-hydrogen) atoms. The molecule has 0 spiro atoms. The number of aliphatic hydroxyl groups is 1. The summed E-state index contributed by atoms with van der Waals surface area (Å²) < 4.78 is 10.6. The van der Waals surface area contributed by atoms with Crippen molar-refractivity contribution in [3.05, 3.63) is 48.6 Å². The molecule has 1 atom stereocenters. The average molecular weight is 729 g/mol. The highest BCUT2D eigenvalue weighted by Gasteiger charge is 2.16. The fourth-order valence-electron chi connectivity index (χ4n) is 6.27. The van der Waals surface area contributed by atoms with E-state index in [1.54, 1.807) is 0 Å². The fourth-order valence-corrected chi connectivity index (χ4v) is 6.27. The second-order valence-electron chi connectivity index (χ2n) is 14.7. The van der Waals surface area contributed by atoms with E-state index in [4.69, 9.17) is 9.47 Å². The van der Waals surface area contributed by atoms with E-state index >= 15 is 0 Å². The molecule has 0 fully saturated rings. The van der Waals surface area contributed by atoms with E-state index in [1.165, 1.54) is 128 Å².